The number of amides is 1. The van der Waals surface area contributed by atoms with Crippen molar-refractivity contribution in [2.24, 2.45) is 0 Å². The molecule has 156 valence electrons. The fourth-order valence-corrected chi connectivity index (χ4v) is 2.89. The topological polar surface area (TPSA) is 89.1 Å². The number of carbonyl (C=O) groups excluding carboxylic acids is 1. The summed E-state index contributed by atoms with van der Waals surface area (Å²) in [5, 5.41) is 16.3. The lowest BCUT2D eigenvalue weighted by atomic mass is 10.0. The summed E-state index contributed by atoms with van der Waals surface area (Å²) in [4.78, 5) is 11.4. The molecule has 1 aromatic rings. The maximum absolute atomic E-state index is 11.4. The Balaban J connectivity index is 2.90. The number of hydrogen-bond acceptors (Lipinski definition) is 6. The zero-order valence-electron chi connectivity index (χ0n) is 17.1. The van der Waals surface area contributed by atoms with E-state index in [2.05, 4.69) is 15.4 Å². The fraction of sp³-hybridized carbons (Fsp3) is 0.450. The monoisotopic (exact) mass is 412 g/mol. The van der Waals surface area contributed by atoms with Crippen LogP contribution in [-0.4, -0.2) is 51.4 Å². The molecular formula is C20H29ClN2O5. The zero-order chi connectivity index (χ0) is 21.3. The van der Waals surface area contributed by atoms with E-state index in [9.17, 15) is 9.90 Å². The molecule has 0 heterocycles. The van der Waals surface area contributed by atoms with Crippen molar-refractivity contribution in [2.45, 2.75) is 32.1 Å². The number of carbonyl (C=O) groups is 1. The first-order chi connectivity index (χ1) is 13.2. The number of anilines is 1. The van der Waals surface area contributed by atoms with Gasteiger partial charge in [0, 0.05) is 14.2 Å². The van der Waals surface area contributed by atoms with Crippen LogP contribution >= 0.6 is 11.6 Å². The van der Waals surface area contributed by atoms with Gasteiger partial charge in [0.1, 0.15) is 16.9 Å². The Labute approximate surface area is 171 Å². The van der Waals surface area contributed by atoms with Gasteiger partial charge in [0.2, 0.25) is 0 Å². The van der Waals surface area contributed by atoms with Crippen molar-refractivity contribution in [3.05, 3.63) is 46.5 Å². The second-order valence-electron chi connectivity index (χ2n) is 6.40. The molecular weight excluding hydrogens is 384 g/mol. The van der Waals surface area contributed by atoms with E-state index in [-0.39, 0.29) is 0 Å². The summed E-state index contributed by atoms with van der Waals surface area (Å²) in [6.45, 7) is 3.41. The summed E-state index contributed by atoms with van der Waals surface area (Å²) >= 11 is 6.25. The van der Waals surface area contributed by atoms with Gasteiger partial charge in [0.25, 0.3) is 0 Å². The van der Waals surface area contributed by atoms with Gasteiger partial charge in [-0.25, -0.2) is 4.79 Å². The lowest BCUT2D eigenvalue weighted by Gasteiger charge is -2.29. The van der Waals surface area contributed by atoms with Gasteiger partial charge in [0.15, 0.2) is 5.72 Å². The van der Waals surface area contributed by atoms with Crippen LogP contribution in [0, 0.1) is 0 Å². The van der Waals surface area contributed by atoms with Crippen LogP contribution in [0.25, 0.3) is 0 Å². The Morgan fingerprint density at radius 3 is 2.57 bits per heavy atom. The van der Waals surface area contributed by atoms with Crippen molar-refractivity contribution in [3.63, 3.8) is 0 Å². The molecule has 0 aliphatic rings. The molecule has 0 radical (unpaired) electrons. The third kappa shape index (κ3) is 6.74. The molecule has 0 aromatic heterocycles. The molecule has 0 saturated heterocycles. The van der Waals surface area contributed by atoms with E-state index >= 15 is 0 Å². The molecule has 0 bridgehead atoms. The summed E-state index contributed by atoms with van der Waals surface area (Å²) in [5.74, 6) is 0.608. The predicted octanol–water partition coefficient (Wildman–Crippen LogP) is 3.51. The quantitative estimate of drug-likeness (QED) is 0.425. The van der Waals surface area contributed by atoms with E-state index in [0.717, 1.165) is 16.8 Å². The van der Waals surface area contributed by atoms with E-state index in [1.807, 2.05) is 25.1 Å². The predicted molar refractivity (Wildman–Crippen MR) is 111 cm³/mol. The molecule has 28 heavy (non-hydrogen) atoms. The molecule has 1 amide bonds. The summed E-state index contributed by atoms with van der Waals surface area (Å²) in [6, 6.07) is 3.86. The minimum Gasteiger partial charge on any atom is -0.495 e. The summed E-state index contributed by atoms with van der Waals surface area (Å²) in [7, 11) is 6.04. The minimum atomic E-state index is -1.62. The van der Waals surface area contributed by atoms with E-state index in [1.54, 1.807) is 26.3 Å². The molecule has 0 fully saturated rings. The van der Waals surface area contributed by atoms with E-state index < -0.39 is 17.9 Å². The maximum atomic E-state index is 11.4. The minimum absolute atomic E-state index is 0.540. The largest absolute Gasteiger partial charge is 0.495 e. The first-order valence-electron chi connectivity index (χ1n) is 8.67. The molecule has 0 spiro atoms. The number of ether oxygens (including phenoxy) is 3. The van der Waals surface area contributed by atoms with E-state index in [0.29, 0.717) is 17.2 Å². The number of rotatable bonds is 9. The second kappa shape index (κ2) is 10.9. The number of alkyl carbamates (subject to hydrolysis) is 1. The van der Waals surface area contributed by atoms with Gasteiger partial charge in [-0.15, -0.1) is 0 Å². The molecule has 1 rings (SSSR count). The van der Waals surface area contributed by atoms with Crippen LogP contribution in [0.1, 0.15) is 19.4 Å². The number of aliphatic hydroxyl groups is 1. The smallest absolute Gasteiger partial charge is 0.409 e. The van der Waals surface area contributed by atoms with E-state index in [1.165, 1.54) is 21.1 Å². The van der Waals surface area contributed by atoms with Gasteiger partial charge in [-0.3, -0.25) is 5.32 Å². The average molecular weight is 413 g/mol. The Morgan fingerprint density at radius 1 is 1.36 bits per heavy atom. The zero-order valence-corrected chi connectivity index (χ0v) is 17.9. The number of nitrogens with one attached hydrogen (secondary N) is 2. The van der Waals surface area contributed by atoms with Crippen LogP contribution in [0.3, 0.4) is 0 Å². The molecule has 2 atom stereocenters. The number of allylic oxidation sites excluding steroid dienone is 3. The van der Waals surface area contributed by atoms with Crippen LogP contribution in [0.2, 0.25) is 5.02 Å². The second-order valence-corrected chi connectivity index (χ2v) is 6.78. The first kappa shape index (κ1) is 23.8. The van der Waals surface area contributed by atoms with Crippen LogP contribution in [0.5, 0.6) is 5.75 Å². The molecule has 3 N–H and O–H groups in total. The summed E-state index contributed by atoms with van der Waals surface area (Å²) < 4.78 is 15.1. The molecule has 1 aromatic carbocycles. The van der Waals surface area contributed by atoms with Gasteiger partial charge in [-0.05, 0) is 38.0 Å². The SMILES string of the molecule is CNc1cc(C/C(C)=C/C=C/C(OC)C(C)(O)NC(=O)OC)cc(OC)c1Cl. The highest BCUT2D eigenvalue weighted by atomic mass is 35.5. The highest BCUT2D eigenvalue weighted by Crippen LogP contribution is 2.34. The lowest BCUT2D eigenvalue weighted by molar-refractivity contribution is -0.0758. The maximum Gasteiger partial charge on any atom is 0.409 e. The van der Waals surface area contributed by atoms with Gasteiger partial charge >= 0.3 is 6.09 Å². The molecule has 0 saturated carbocycles. The van der Waals surface area contributed by atoms with E-state index in [4.69, 9.17) is 21.1 Å². The Hall–Kier alpha value is -2.22. The summed E-state index contributed by atoms with van der Waals surface area (Å²) in [6.07, 6.45) is 4.50. The third-order valence-electron chi connectivity index (χ3n) is 4.09. The third-order valence-corrected chi connectivity index (χ3v) is 4.48. The Kier molecular flexibility index (Phi) is 9.31. The number of benzene rings is 1. The van der Waals surface area contributed by atoms with Crippen molar-refractivity contribution in [1.29, 1.82) is 0 Å². The molecule has 7 nitrogen and oxygen atoms in total. The van der Waals surface area contributed by atoms with Crippen LogP contribution in [-0.2, 0) is 15.9 Å². The molecule has 8 heteroatoms. The summed E-state index contributed by atoms with van der Waals surface area (Å²) in [5.41, 5.74) is 1.28. The van der Waals surface area contributed by atoms with Gasteiger partial charge in [-0.2, -0.15) is 0 Å². The fourth-order valence-electron chi connectivity index (χ4n) is 2.61. The number of halogens is 1. The van der Waals surface area contributed by atoms with Crippen molar-refractivity contribution in [2.75, 3.05) is 33.7 Å². The van der Waals surface area contributed by atoms with Gasteiger partial charge < -0.3 is 24.6 Å². The number of methoxy groups -OCH3 is 3. The normalized spacial score (nSPS) is 15.1. The Bertz CT molecular complexity index is 706. The lowest BCUT2D eigenvalue weighted by Crippen LogP contribution is -2.54. The van der Waals surface area contributed by atoms with Gasteiger partial charge in [-0.1, -0.05) is 35.4 Å². The van der Waals surface area contributed by atoms with Crippen LogP contribution < -0.4 is 15.4 Å². The highest BCUT2D eigenvalue weighted by Gasteiger charge is 2.32. The molecule has 0 aliphatic carbocycles. The van der Waals surface area contributed by atoms with Crippen molar-refractivity contribution in [1.82, 2.24) is 5.32 Å². The number of hydrogen-bond donors (Lipinski definition) is 3. The van der Waals surface area contributed by atoms with Crippen molar-refractivity contribution >= 4 is 23.4 Å². The van der Waals surface area contributed by atoms with Gasteiger partial charge in [0.05, 0.1) is 19.9 Å². The van der Waals surface area contributed by atoms with Crippen LogP contribution in [0.15, 0.2) is 35.9 Å². The first-order valence-corrected chi connectivity index (χ1v) is 9.05. The highest BCUT2D eigenvalue weighted by molar-refractivity contribution is 6.34. The average Bonchev–Trinajstić information content (AvgIpc) is 2.65. The standard InChI is InChI=1S/C20H29ClN2O5/c1-13(10-14-11-15(22-3)18(21)16(12-14)26-4)8-7-9-17(27-5)20(2,25)23-19(24)28-6/h7-9,11-12,17,22,25H,10H2,1-6H3,(H,23,24)/b9-7+,13-8+. The van der Waals surface area contributed by atoms with Crippen molar-refractivity contribution in [3.8, 4) is 5.75 Å². The molecule has 2 unspecified atom stereocenters. The Morgan fingerprint density at radius 2 is 2.04 bits per heavy atom. The van der Waals surface area contributed by atoms with Crippen LogP contribution in [0.4, 0.5) is 10.5 Å². The van der Waals surface area contributed by atoms with Crippen molar-refractivity contribution < 1.29 is 24.1 Å². The molecule has 0 aliphatic heterocycles.